The second-order valence-corrected chi connectivity index (χ2v) is 9.33. The number of hydrogen-bond acceptors (Lipinski definition) is 6. The van der Waals surface area contributed by atoms with Crippen molar-refractivity contribution in [3.8, 4) is 11.5 Å². The van der Waals surface area contributed by atoms with Crippen LogP contribution >= 0.6 is 11.6 Å². The molecule has 2 atom stereocenters. The number of halogens is 1. The summed E-state index contributed by atoms with van der Waals surface area (Å²) in [5, 5.41) is 9.70. The Hall–Kier alpha value is -3.59. The van der Waals surface area contributed by atoms with Gasteiger partial charge in [-0.2, -0.15) is 0 Å². The van der Waals surface area contributed by atoms with Crippen LogP contribution in [-0.2, 0) is 16.1 Å². The highest BCUT2D eigenvalue weighted by Crippen LogP contribution is 2.23. The summed E-state index contributed by atoms with van der Waals surface area (Å²) in [7, 11) is 1.65. The molecule has 1 unspecified atom stereocenters. The molecular weight excluding hydrogens is 506 g/mol. The molecule has 1 fully saturated rings. The molecule has 3 aromatic rings. The Morgan fingerprint density at radius 3 is 2.55 bits per heavy atom. The molecule has 0 aromatic heterocycles. The maximum Gasteiger partial charge on any atom is 0.251 e. The maximum absolute atomic E-state index is 13.0. The number of piperazine rings is 1. The van der Waals surface area contributed by atoms with E-state index >= 15 is 0 Å². The minimum absolute atomic E-state index is 0.111. The van der Waals surface area contributed by atoms with E-state index in [2.05, 4.69) is 16.0 Å². The fourth-order valence-corrected chi connectivity index (χ4v) is 4.35. The fraction of sp³-hybridized carbons (Fsp3) is 0.310. The highest BCUT2D eigenvalue weighted by molar-refractivity contribution is 6.30. The Morgan fingerprint density at radius 1 is 1.05 bits per heavy atom. The first-order valence-corrected chi connectivity index (χ1v) is 12.9. The molecule has 200 valence electrons. The molecular formula is C29H32ClN3O5. The highest BCUT2D eigenvalue weighted by Gasteiger charge is 2.29. The van der Waals surface area contributed by atoms with E-state index in [1.807, 2.05) is 48.5 Å². The molecule has 38 heavy (non-hydrogen) atoms. The molecule has 3 aromatic carbocycles. The summed E-state index contributed by atoms with van der Waals surface area (Å²) in [6, 6.07) is 21.3. The normalized spacial score (nSPS) is 15.8. The number of methoxy groups -OCH3 is 1. The van der Waals surface area contributed by atoms with E-state index in [0.717, 1.165) is 23.3 Å². The number of para-hydroxylation sites is 1. The Labute approximate surface area is 227 Å². The van der Waals surface area contributed by atoms with E-state index < -0.39 is 6.04 Å². The summed E-state index contributed by atoms with van der Waals surface area (Å²) >= 11 is 5.96. The van der Waals surface area contributed by atoms with Crippen molar-refractivity contribution in [1.82, 2.24) is 16.0 Å². The van der Waals surface area contributed by atoms with Crippen molar-refractivity contribution in [2.75, 3.05) is 33.4 Å². The van der Waals surface area contributed by atoms with Crippen molar-refractivity contribution < 1.29 is 23.8 Å². The summed E-state index contributed by atoms with van der Waals surface area (Å²) in [5.41, 5.74) is 2.35. The van der Waals surface area contributed by atoms with Crippen LogP contribution in [0.15, 0.2) is 72.8 Å². The number of nitrogens with one attached hydrogen (secondary N) is 3. The lowest BCUT2D eigenvalue weighted by molar-refractivity contribution is -0.122. The van der Waals surface area contributed by atoms with E-state index in [9.17, 15) is 9.59 Å². The lowest BCUT2D eigenvalue weighted by atomic mass is 9.97. The van der Waals surface area contributed by atoms with E-state index in [1.54, 1.807) is 31.4 Å². The molecule has 1 saturated heterocycles. The van der Waals surface area contributed by atoms with E-state index in [0.29, 0.717) is 42.7 Å². The summed E-state index contributed by atoms with van der Waals surface area (Å²) in [5.74, 6) is 1.17. The van der Waals surface area contributed by atoms with Crippen molar-refractivity contribution in [2.45, 2.75) is 25.1 Å². The minimum Gasteiger partial charge on any atom is -0.496 e. The number of rotatable bonds is 12. The van der Waals surface area contributed by atoms with Gasteiger partial charge in [-0.05, 0) is 48.0 Å². The highest BCUT2D eigenvalue weighted by atomic mass is 35.5. The van der Waals surface area contributed by atoms with Gasteiger partial charge in [0.25, 0.3) is 5.91 Å². The quantitative estimate of drug-likeness (QED) is 0.303. The molecule has 3 N–H and O–H groups in total. The van der Waals surface area contributed by atoms with E-state index in [1.165, 1.54) is 0 Å². The van der Waals surface area contributed by atoms with E-state index in [4.69, 9.17) is 25.8 Å². The molecule has 2 amide bonds. The summed E-state index contributed by atoms with van der Waals surface area (Å²) in [6.07, 6.45) is 0.733. The number of benzene rings is 3. The minimum atomic E-state index is -0.438. The van der Waals surface area contributed by atoms with Gasteiger partial charge in [-0.3, -0.25) is 9.59 Å². The van der Waals surface area contributed by atoms with Crippen molar-refractivity contribution in [3.63, 3.8) is 0 Å². The molecule has 4 rings (SSSR count). The lowest BCUT2D eigenvalue weighted by Crippen LogP contribution is -2.57. The van der Waals surface area contributed by atoms with Crippen LogP contribution in [0.5, 0.6) is 11.5 Å². The van der Waals surface area contributed by atoms with Crippen molar-refractivity contribution in [1.29, 1.82) is 0 Å². The molecule has 1 aliphatic heterocycles. The average molecular weight is 538 g/mol. The fourth-order valence-electron chi connectivity index (χ4n) is 4.22. The topological polar surface area (TPSA) is 97.9 Å². The predicted molar refractivity (Wildman–Crippen MR) is 146 cm³/mol. The zero-order valence-electron chi connectivity index (χ0n) is 21.2. The molecule has 0 radical (unpaired) electrons. The van der Waals surface area contributed by atoms with Gasteiger partial charge in [0, 0.05) is 29.1 Å². The van der Waals surface area contributed by atoms with Gasteiger partial charge >= 0.3 is 0 Å². The number of amides is 2. The Bertz CT molecular complexity index is 1200. The standard InChI is InChI=1S/C29H32ClN3O5/c1-36-26-6-3-2-5-22(26)19-37-15-4-16-38-24-13-9-20(10-14-24)28(25-17-31-18-27(34)32-25)33-29(35)21-7-11-23(30)12-8-21/h2-3,5-14,25,28,31H,4,15-19H2,1H3,(H,32,34)(H,33,35)/t25-,28?/m1/s1. The third-order valence-electron chi connectivity index (χ3n) is 6.18. The Morgan fingerprint density at radius 2 is 1.82 bits per heavy atom. The van der Waals surface area contributed by atoms with Crippen LogP contribution in [-0.4, -0.2) is 51.3 Å². The molecule has 0 spiro atoms. The van der Waals surface area contributed by atoms with Gasteiger partial charge in [-0.25, -0.2) is 0 Å². The van der Waals surface area contributed by atoms with Crippen LogP contribution in [0.3, 0.4) is 0 Å². The van der Waals surface area contributed by atoms with Crippen LogP contribution < -0.4 is 25.4 Å². The van der Waals surface area contributed by atoms with Crippen LogP contribution in [0.1, 0.15) is 33.9 Å². The van der Waals surface area contributed by atoms with Gasteiger partial charge in [-0.1, -0.05) is 41.9 Å². The molecule has 0 bridgehead atoms. The Balaban J connectivity index is 1.31. The van der Waals surface area contributed by atoms with Crippen molar-refractivity contribution in [2.24, 2.45) is 0 Å². The lowest BCUT2D eigenvalue weighted by Gasteiger charge is -2.32. The third kappa shape index (κ3) is 7.71. The average Bonchev–Trinajstić information content (AvgIpc) is 2.94. The van der Waals surface area contributed by atoms with Gasteiger partial charge in [0.2, 0.25) is 5.91 Å². The van der Waals surface area contributed by atoms with Gasteiger partial charge in [0.1, 0.15) is 11.5 Å². The van der Waals surface area contributed by atoms with Gasteiger partial charge in [0.15, 0.2) is 0 Å². The van der Waals surface area contributed by atoms with Gasteiger partial charge in [-0.15, -0.1) is 0 Å². The first-order chi connectivity index (χ1) is 18.5. The van der Waals surface area contributed by atoms with Crippen molar-refractivity contribution >= 4 is 23.4 Å². The van der Waals surface area contributed by atoms with Gasteiger partial charge in [0.05, 0.1) is 45.6 Å². The van der Waals surface area contributed by atoms with Crippen LogP contribution in [0.2, 0.25) is 5.02 Å². The second kappa shape index (κ2) is 13.8. The maximum atomic E-state index is 13.0. The molecule has 9 heteroatoms. The van der Waals surface area contributed by atoms with Crippen LogP contribution in [0, 0.1) is 0 Å². The molecule has 0 aliphatic carbocycles. The zero-order valence-corrected chi connectivity index (χ0v) is 22.0. The SMILES string of the molecule is COc1ccccc1COCCCOc1ccc(C(NC(=O)c2ccc(Cl)cc2)[C@H]2CNCC(=O)N2)cc1. The van der Waals surface area contributed by atoms with E-state index in [-0.39, 0.29) is 24.4 Å². The first-order valence-electron chi connectivity index (χ1n) is 12.5. The van der Waals surface area contributed by atoms with Crippen LogP contribution in [0.4, 0.5) is 0 Å². The smallest absolute Gasteiger partial charge is 0.251 e. The molecule has 1 aliphatic rings. The first kappa shape index (κ1) is 27.4. The summed E-state index contributed by atoms with van der Waals surface area (Å²) in [6.45, 7) is 2.33. The zero-order chi connectivity index (χ0) is 26.7. The second-order valence-electron chi connectivity index (χ2n) is 8.90. The summed E-state index contributed by atoms with van der Waals surface area (Å²) < 4.78 is 17.0. The predicted octanol–water partition coefficient (Wildman–Crippen LogP) is 3.89. The third-order valence-corrected chi connectivity index (χ3v) is 6.43. The van der Waals surface area contributed by atoms with Gasteiger partial charge < -0.3 is 30.2 Å². The number of carbonyl (C=O) groups is 2. The Kier molecular flexibility index (Phi) is 9.97. The van der Waals surface area contributed by atoms with Crippen LogP contribution in [0.25, 0.3) is 0 Å². The number of ether oxygens (including phenoxy) is 3. The largest absolute Gasteiger partial charge is 0.496 e. The molecule has 1 heterocycles. The number of carbonyl (C=O) groups excluding carboxylic acids is 2. The monoisotopic (exact) mass is 537 g/mol. The van der Waals surface area contributed by atoms with Crippen molar-refractivity contribution in [3.05, 3.63) is 94.5 Å². The molecule has 8 nitrogen and oxygen atoms in total. The summed E-state index contributed by atoms with van der Waals surface area (Å²) in [4.78, 5) is 25.0. The molecule has 0 saturated carbocycles. The number of hydrogen-bond donors (Lipinski definition) is 3.